The Morgan fingerprint density at radius 3 is 2.19 bits per heavy atom. The van der Waals surface area contributed by atoms with Gasteiger partial charge in [0.25, 0.3) is 0 Å². The molecule has 0 radical (unpaired) electrons. The molecule has 1 N–H and O–H groups in total. The molecule has 5 rings (SSSR count). The topological polar surface area (TPSA) is 21.3 Å². The van der Waals surface area contributed by atoms with E-state index >= 15 is 0 Å². The summed E-state index contributed by atoms with van der Waals surface area (Å²) in [5.74, 6) is 4.53. The number of nitrogens with one attached hydrogen (secondary N) is 1. The smallest absolute Gasteiger partial charge is 0.0607 e. The lowest BCUT2D eigenvalue weighted by Crippen LogP contribution is -2.57. The maximum atomic E-state index is 5.36. The van der Waals surface area contributed by atoms with Gasteiger partial charge in [-0.15, -0.1) is 0 Å². The Balaban J connectivity index is 1.45. The molecule has 1 unspecified atom stereocenters. The Kier molecular flexibility index (Phi) is 4.27. The second-order valence-corrected chi connectivity index (χ2v) is 9.61. The van der Waals surface area contributed by atoms with Crippen LogP contribution in [-0.4, -0.2) is 36.8 Å². The van der Waals surface area contributed by atoms with Crippen LogP contribution in [0.1, 0.15) is 51.9 Å². The summed E-state index contributed by atoms with van der Waals surface area (Å²) < 4.78 is 5.36. The predicted octanol–water partition coefficient (Wildman–Crippen LogP) is 3.70. The highest BCUT2D eigenvalue weighted by molar-refractivity contribution is 8.00. The third-order valence-electron chi connectivity index (χ3n) is 6.57. The normalized spacial score (nSPS) is 43.0. The van der Waals surface area contributed by atoms with Crippen molar-refractivity contribution in [3.05, 3.63) is 0 Å². The predicted molar refractivity (Wildman–Crippen MR) is 89.8 cm³/mol. The van der Waals surface area contributed by atoms with Gasteiger partial charge in [0.15, 0.2) is 0 Å². The third-order valence-corrected chi connectivity index (χ3v) is 7.84. The van der Waals surface area contributed by atoms with Crippen LogP contribution in [0.25, 0.3) is 0 Å². The first-order chi connectivity index (χ1) is 10.3. The minimum Gasteiger partial charge on any atom is -0.379 e. The molecule has 2 nitrogen and oxygen atoms in total. The SMILES string of the molecule is CCCNC(CSC1COC1)C12CC3CC(CC(C3)C1)C2. The zero-order valence-electron chi connectivity index (χ0n) is 13.5. The Labute approximate surface area is 134 Å². The van der Waals surface area contributed by atoms with Gasteiger partial charge in [0.1, 0.15) is 0 Å². The molecule has 0 aromatic carbocycles. The van der Waals surface area contributed by atoms with Crippen LogP contribution in [0.2, 0.25) is 0 Å². The maximum absolute atomic E-state index is 5.36. The first-order valence-electron chi connectivity index (χ1n) is 9.20. The Morgan fingerprint density at radius 2 is 1.71 bits per heavy atom. The summed E-state index contributed by atoms with van der Waals surface area (Å²) in [6.45, 7) is 5.49. The highest BCUT2D eigenvalue weighted by Gasteiger charge is 2.53. The van der Waals surface area contributed by atoms with Crippen LogP contribution in [0.4, 0.5) is 0 Å². The Hall–Kier alpha value is 0.270. The summed E-state index contributed by atoms with van der Waals surface area (Å²) in [5.41, 5.74) is 0.654. The molecule has 1 heterocycles. The van der Waals surface area contributed by atoms with Crippen LogP contribution in [0, 0.1) is 23.2 Å². The van der Waals surface area contributed by atoms with Gasteiger partial charge in [0, 0.05) is 11.8 Å². The Morgan fingerprint density at radius 1 is 1.10 bits per heavy atom. The van der Waals surface area contributed by atoms with E-state index in [1.807, 2.05) is 0 Å². The molecule has 21 heavy (non-hydrogen) atoms. The van der Waals surface area contributed by atoms with Crippen LogP contribution in [0.5, 0.6) is 0 Å². The van der Waals surface area contributed by atoms with E-state index in [2.05, 4.69) is 24.0 Å². The van der Waals surface area contributed by atoms with E-state index in [9.17, 15) is 0 Å². The summed E-state index contributed by atoms with van der Waals surface area (Å²) in [7, 11) is 0. The fraction of sp³-hybridized carbons (Fsp3) is 1.00. The molecule has 4 saturated carbocycles. The van der Waals surface area contributed by atoms with E-state index in [1.54, 1.807) is 19.3 Å². The van der Waals surface area contributed by atoms with Crippen molar-refractivity contribution < 1.29 is 4.74 Å². The molecule has 1 atom stereocenters. The zero-order chi connectivity index (χ0) is 14.3. The van der Waals surface area contributed by atoms with Crippen LogP contribution < -0.4 is 5.32 Å². The number of thioether (sulfide) groups is 1. The van der Waals surface area contributed by atoms with E-state index in [0.29, 0.717) is 5.41 Å². The van der Waals surface area contributed by atoms with E-state index in [0.717, 1.165) is 42.3 Å². The van der Waals surface area contributed by atoms with Gasteiger partial charge in [0.05, 0.1) is 18.5 Å². The van der Waals surface area contributed by atoms with Gasteiger partial charge in [-0.3, -0.25) is 0 Å². The van der Waals surface area contributed by atoms with Crippen molar-refractivity contribution in [2.45, 2.75) is 63.2 Å². The number of hydrogen-bond acceptors (Lipinski definition) is 3. The molecule has 120 valence electrons. The van der Waals surface area contributed by atoms with Crippen molar-refractivity contribution >= 4 is 11.8 Å². The largest absolute Gasteiger partial charge is 0.379 e. The standard InChI is InChI=1S/C18H31NOS/c1-2-3-19-17(12-21-16-10-20-11-16)18-7-13-4-14(8-18)6-15(5-13)9-18/h13-17,19H,2-12H2,1H3. The van der Waals surface area contributed by atoms with Crippen LogP contribution >= 0.6 is 11.8 Å². The molecule has 5 aliphatic rings. The van der Waals surface area contributed by atoms with E-state index < -0.39 is 0 Å². The average molecular weight is 310 g/mol. The monoisotopic (exact) mass is 309 g/mol. The molecular weight excluding hydrogens is 278 g/mol. The zero-order valence-corrected chi connectivity index (χ0v) is 14.3. The van der Waals surface area contributed by atoms with Crippen molar-refractivity contribution in [1.82, 2.24) is 5.32 Å². The van der Waals surface area contributed by atoms with Gasteiger partial charge in [-0.1, -0.05) is 6.92 Å². The van der Waals surface area contributed by atoms with Gasteiger partial charge in [0.2, 0.25) is 0 Å². The van der Waals surface area contributed by atoms with Gasteiger partial charge < -0.3 is 10.1 Å². The Bertz CT molecular complexity index is 333. The van der Waals surface area contributed by atoms with Crippen molar-refractivity contribution in [3.8, 4) is 0 Å². The number of rotatable bonds is 7. The second kappa shape index (κ2) is 6.05. The molecule has 3 heteroatoms. The van der Waals surface area contributed by atoms with E-state index in [4.69, 9.17) is 4.74 Å². The minimum atomic E-state index is 0.654. The van der Waals surface area contributed by atoms with Crippen molar-refractivity contribution in [2.75, 3.05) is 25.5 Å². The van der Waals surface area contributed by atoms with Gasteiger partial charge in [-0.25, -0.2) is 0 Å². The van der Waals surface area contributed by atoms with Crippen molar-refractivity contribution in [1.29, 1.82) is 0 Å². The van der Waals surface area contributed by atoms with Crippen LogP contribution in [0.15, 0.2) is 0 Å². The van der Waals surface area contributed by atoms with E-state index in [-0.39, 0.29) is 0 Å². The second-order valence-electron chi connectivity index (χ2n) is 8.28. The van der Waals surface area contributed by atoms with Gasteiger partial charge >= 0.3 is 0 Å². The fourth-order valence-electron chi connectivity index (χ4n) is 5.92. The van der Waals surface area contributed by atoms with E-state index in [1.165, 1.54) is 38.0 Å². The summed E-state index contributed by atoms with van der Waals surface area (Å²) in [6.07, 6.45) is 10.5. The molecule has 1 aliphatic heterocycles. The third kappa shape index (κ3) is 2.90. The number of hydrogen-bond donors (Lipinski definition) is 1. The molecule has 0 spiro atoms. The highest BCUT2D eigenvalue weighted by atomic mass is 32.2. The average Bonchev–Trinajstić information content (AvgIpc) is 2.38. The summed E-state index contributed by atoms with van der Waals surface area (Å²) >= 11 is 2.18. The molecule has 4 bridgehead atoms. The molecular formula is C18H31NOS. The molecule has 0 amide bonds. The molecule has 1 saturated heterocycles. The molecule has 5 fully saturated rings. The molecule has 0 aromatic heterocycles. The summed E-state index contributed by atoms with van der Waals surface area (Å²) in [5, 5.41) is 4.75. The van der Waals surface area contributed by atoms with Gasteiger partial charge in [-0.05, 0) is 74.7 Å². The lowest BCUT2D eigenvalue weighted by atomic mass is 9.48. The van der Waals surface area contributed by atoms with Crippen LogP contribution in [0.3, 0.4) is 0 Å². The summed E-state index contributed by atoms with van der Waals surface area (Å²) in [6, 6.07) is 0.761. The van der Waals surface area contributed by atoms with Crippen LogP contribution in [-0.2, 0) is 4.74 Å². The lowest BCUT2D eigenvalue weighted by Gasteiger charge is -2.59. The summed E-state index contributed by atoms with van der Waals surface area (Å²) in [4.78, 5) is 0. The minimum absolute atomic E-state index is 0.654. The first kappa shape index (κ1) is 14.8. The molecule has 0 aromatic rings. The molecule has 4 aliphatic carbocycles. The fourth-order valence-corrected chi connectivity index (χ4v) is 7.24. The van der Waals surface area contributed by atoms with Gasteiger partial charge in [-0.2, -0.15) is 11.8 Å². The highest BCUT2D eigenvalue weighted by Crippen LogP contribution is 2.61. The quantitative estimate of drug-likeness (QED) is 0.775. The lowest BCUT2D eigenvalue weighted by molar-refractivity contribution is -0.0694. The first-order valence-corrected chi connectivity index (χ1v) is 10.2. The van der Waals surface area contributed by atoms with Crippen molar-refractivity contribution in [3.63, 3.8) is 0 Å². The maximum Gasteiger partial charge on any atom is 0.0607 e. The number of ether oxygens (including phenoxy) is 1. The van der Waals surface area contributed by atoms with Crippen molar-refractivity contribution in [2.24, 2.45) is 23.2 Å².